The molecule has 11 heteroatoms. The van der Waals surface area contributed by atoms with E-state index in [-0.39, 0.29) is 75.3 Å². The maximum Gasteiger partial charge on any atom is 1.00 e. The summed E-state index contributed by atoms with van der Waals surface area (Å²) in [5, 5.41) is 10.6. The van der Waals surface area contributed by atoms with Gasteiger partial charge in [-0.05, 0) is 74.4 Å². The molecule has 1 aliphatic heterocycles. The Morgan fingerprint density at radius 2 is 1.74 bits per heavy atom. The fourth-order valence-corrected chi connectivity index (χ4v) is 4.49. The Balaban J connectivity index is 0.00000342. The molecule has 2 fully saturated rings. The van der Waals surface area contributed by atoms with Crippen LogP contribution in [0.3, 0.4) is 0 Å². The third-order valence-electron chi connectivity index (χ3n) is 6.34. The van der Waals surface area contributed by atoms with Crippen LogP contribution in [0, 0.1) is 17.6 Å². The summed E-state index contributed by atoms with van der Waals surface area (Å²) >= 11 is 5.67. The fraction of sp³-hybridized carbons (Fsp3) is 0.458. The van der Waals surface area contributed by atoms with Crippen LogP contribution in [0.1, 0.15) is 58.6 Å². The minimum Gasteiger partial charge on any atom is -0.545 e. The fourth-order valence-electron chi connectivity index (χ4n) is 4.25. The number of alkyl halides is 3. The molecule has 0 N–H and O–H groups in total. The van der Waals surface area contributed by atoms with E-state index in [1.165, 1.54) is 6.07 Å². The summed E-state index contributed by atoms with van der Waals surface area (Å²) in [4.78, 5) is 13.0. The number of ether oxygens (including phenoxy) is 1. The number of halogens is 6. The average molecular weight is 542 g/mol. The molecule has 184 valence electrons. The molecule has 0 atom stereocenters. The second-order valence-electron chi connectivity index (χ2n) is 8.89. The summed E-state index contributed by atoms with van der Waals surface area (Å²) in [6.45, 7) is 1.34. The van der Waals surface area contributed by atoms with Gasteiger partial charge in [0.2, 0.25) is 0 Å². The van der Waals surface area contributed by atoms with Crippen molar-refractivity contribution in [3.05, 3.63) is 63.2 Å². The molecule has 1 aliphatic carbocycles. The Morgan fingerprint density at radius 3 is 2.31 bits per heavy atom. The van der Waals surface area contributed by atoms with Gasteiger partial charge in [0.1, 0.15) is 17.4 Å². The third-order valence-corrected chi connectivity index (χ3v) is 6.62. The van der Waals surface area contributed by atoms with E-state index in [0.717, 1.165) is 25.0 Å². The SMILES string of the molecule is O=C([O-])c1cc(C2CC2)c(OCC2CCN(Cc3cc(C(F)(F)F)cc(Cl)c3F)CC2)cc1F.[K+]. The zero-order valence-electron chi connectivity index (χ0n) is 19.1. The molecule has 0 unspecified atom stereocenters. The largest absolute Gasteiger partial charge is 1.00 e. The second kappa shape index (κ2) is 11.7. The van der Waals surface area contributed by atoms with Gasteiger partial charge in [0.25, 0.3) is 0 Å². The number of rotatable bonds is 7. The Labute approximate surface area is 247 Å². The van der Waals surface area contributed by atoms with Gasteiger partial charge in [-0.2, -0.15) is 13.2 Å². The molecule has 0 amide bonds. The van der Waals surface area contributed by atoms with Crippen LogP contribution in [0.15, 0.2) is 24.3 Å². The van der Waals surface area contributed by atoms with Crippen LogP contribution in [0.25, 0.3) is 0 Å². The van der Waals surface area contributed by atoms with Crippen molar-refractivity contribution in [3.8, 4) is 5.75 Å². The van der Waals surface area contributed by atoms with Crippen molar-refractivity contribution in [2.75, 3.05) is 19.7 Å². The Kier molecular flexibility index (Phi) is 9.67. The maximum atomic E-state index is 14.3. The molecule has 1 heterocycles. The first kappa shape index (κ1) is 28.8. The first-order chi connectivity index (χ1) is 16.0. The van der Waals surface area contributed by atoms with E-state index >= 15 is 0 Å². The first-order valence-electron chi connectivity index (χ1n) is 11.0. The third kappa shape index (κ3) is 7.18. The van der Waals surface area contributed by atoms with E-state index in [1.54, 1.807) is 0 Å². The summed E-state index contributed by atoms with van der Waals surface area (Å²) < 4.78 is 73.4. The predicted molar refractivity (Wildman–Crippen MR) is 113 cm³/mol. The molecular weight excluding hydrogens is 520 g/mol. The van der Waals surface area contributed by atoms with Crippen LogP contribution in [0.4, 0.5) is 22.0 Å². The van der Waals surface area contributed by atoms with Crippen LogP contribution < -0.4 is 61.2 Å². The standard InChI is InChI=1S/C24H23ClF5NO3.K/c25-19-8-16(24(28,29)30)7-15(22(19)27)11-31-5-3-13(4-6-31)12-34-21-10-20(26)18(23(32)33)9-17(21)14-1-2-14;/h7-10,13-14H,1-6,11-12H2,(H,32,33);/q;+1/p-1. The molecule has 4 nitrogen and oxygen atoms in total. The summed E-state index contributed by atoms with van der Waals surface area (Å²) in [6.07, 6.45) is -1.54. The normalized spacial score (nSPS) is 17.2. The van der Waals surface area contributed by atoms with E-state index in [9.17, 15) is 31.9 Å². The number of hydrogen-bond acceptors (Lipinski definition) is 4. The number of benzene rings is 2. The van der Waals surface area contributed by atoms with Crippen molar-refractivity contribution in [3.63, 3.8) is 0 Å². The molecule has 4 rings (SSSR count). The minimum absolute atomic E-state index is 0. The first-order valence-corrected chi connectivity index (χ1v) is 11.4. The number of nitrogens with zero attached hydrogens (tertiary/aromatic N) is 1. The number of piperidine rings is 1. The van der Waals surface area contributed by atoms with Crippen molar-refractivity contribution < 1.29 is 88.0 Å². The summed E-state index contributed by atoms with van der Waals surface area (Å²) in [7, 11) is 0. The zero-order chi connectivity index (χ0) is 24.6. The molecular formula is C24H22ClF5KNO3. The van der Waals surface area contributed by atoms with E-state index in [4.69, 9.17) is 16.3 Å². The van der Waals surface area contributed by atoms with Gasteiger partial charge in [0.15, 0.2) is 0 Å². The molecule has 2 aromatic rings. The van der Waals surface area contributed by atoms with Gasteiger partial charge in [-0.15, -0.1) is 0 Å². The predicted octanol–water partition coefficient (Wildman–Crippen LogP) is 2.17. The minimum atomic E-state index is -4.62. The Morgan fingerprint density at radius 1 is 1.09 bits per heavy atom. The molecule has 35 heavy (non-hydrogen) atoms. The molecule has 1 saturated heterocycles. The van der Waals surface area contributed by atoms with Crippen molar-refractivity contribution in [1.82, 2.24) is 4.90 Å². The molecule has 0 aromatic heterocycles. The van der Waals surface area contributed by atoms with Gasteiger partial charge in [-0.1, -0.05) is 11.6 Å². The van der Waals surface area contributed by atoms with Gasteiger partial charge in [0.05, 0.1) is 23.2 Å². The van der Waals surface area contributed by atoms with Crippen molar-refractivity contribution >= 4 is 17.6 Å². The molecule has 1 saturated carbocycles. The number of carbonyl (C=O) groups is 1. The smallest absolute Gasteiger partial charge is 0.545 e. The molecule has 2 aliphatic rings. The van der Waals surface area contributed by atoms with E-state index in [2.05, 4.69) is 0 Å². The summed E-state index contributed by atoms with van der Waals surface area (Å²) in [6, 6.07) is 3.76. The van der Waals surface area contributed by atoms with Gasteiger partial charge in [-0.25, -0.2) is 8.78 Å². The van der Waals surface area contributed by atoms with Crippen molar-refractivity contribution in [2.45, 2.75) is 44.3 Å². The number of aromatic carboxylic acids is 1. The van der Waals surface area contributed by atoms with Crippen LogP contribution in [-0.4, -0.2) is 30.6 Å². The molecule has 0 bridgehead atoms. The van der Waals surface area contributed by atoms with E-state index in [1.807, 2.05) is 4.90 Å². The number of likely N-dealkylation sites (tertiary alicyclic amines) is 1. The van der Waals surface area contributed by atoms with Crippen LogP contribution in [0.5, 0.6) is 5.75 Å². The van der Waals surface area contributed by atoms with E-state index in [0.29, 0.717) is 49.9 Å². The van der Waals surface area contributed by atoms with Gasteiger partial charge in [0, 0.05) is 23.7 Å². The number of hydrogen-bond donors (Lipinski definition) is 0. The molecule has 2 aromatic carbocycles. The van der Waals surface area contributed by atoms with Crippen molar-refractivity contribution in [1.29, 1.82) is 0 Å². The molecule has 0 spiro atoms. The number of carbonyl (C=O) groups excluding carboxylic acids is 1. The molecule has 0 radical (unpaired) electrons. The Bertz CT molecular complexity index is 1090. The average Bonchev–Trinajstić information content (AvgIpc) is 3.60. The zero-order valence-corrected chi connectivity index (χ0v) is 22.9. The van der Waals surface area contributed by atoms with E-state index < -0.39 is 39.9 Å². The van der Waals surface area contributed by atoms with Gasteiger partial charge < -0.3 is 14.6 Å². The summed E-state index contributed by atoms with van der Waals surface area (Å²) in [5.74, 6) is -2.75. The quantitative estimate of drug-likeness (QED) is 0.398. The monoisotopic (exact) mass is 541 g/mol. The van der Waals surface area contributed by atoms with Crippen molar-refractivity contribution in [2.24, 2.45) is 5.92 Å². The number of carboxylic acid groups (broad SMARTS) is 1. The van der Waals surface area contributed by atoms with Crippen LogP contribution in [-0.2, 0) is 12.7 Å². The van der Waals surface area contributed by atoms with Crippen LogP contribution >= 0.6 is 11.6 Å². The topological polar surface area (TPSA) is 52.6 Å². The second-order valence-corrected chi connectivity index (χ2v) is 9.30. The number of carboxylic acids is 1. The maximum absolute atomic E-state index is 14.3. The summed E-state index contributed by atoms with van der Waals surface area (Å²) in [5.41, 5.74) is -0.910. The van der Waals surface area contributed by atoms with Crippen LogP contribution in [0.2, 0.25) is 5.02 Å². The van der Waals surface area contributed by atoms with Gasteiger partial charge >= 0.3 is 57.6 Å². The Hall–Kier alpha value is -0.754. The van der Waals surface area contributed by atoms with Gasteiger partial charge in [-0.3, -0.25) is 4.90 Å².